The van der Waals surface area contributed by atoms with Gasteiger partial charge < -0.3 is 6.15 Å². The SMILES string of the molecule is N.O=C1CCC=C(CCCc2ccc(C3CC3)cc2)CC1. The van der Waals surface area contributed by atoms with E-state index in [1.165, 1.54) is 36.0 Å². The van der Waals surface area contributed by atoms with Crippen LogP contribution in [0.5, 0.6) is 0 Å². The molecule has 1 saturated carbocycles. The quantitative estimate of drug-likeness (QED) is 0.763. The largest absolute Gasteiger partial charge is 0.344 e. The highest BCUT2D eigenvalue weighted by atomic mass is 16.1. The van der Waals surface area contributed by atoms with Gasteiger partial charge in [0.1, 0.15) is 5.78 Å². The monoisotopic (exact) mass is 285 g/mol. The van der Waals surface area contributed by atoms with Crippen molar-refractivity contribution in [1.29, 1.82) is 0 Å². The summed E-state index contributed by atoms with van der Waals surface area (Å²) in [6.07, 6.45) is 12.1. The second-order valence-electron chi connectivity index (χ2n) is 6.31. The molecule has 1 aromatic carbocycles. The molecule has 2 nitrogen and oxygen atoms in total. The number of hydrogen-bond acceptors (Lipinski definition) is 2. The summed E-state index contributed by atoms with van der Waals surface area (Å²) in [5, 5.41) is 0. The predicted octanol–water partition coefficient (Wildman–Crippen LogP) is 5.12. The molecule has 0 saturated heterocycles. The molecular weight excluding hydrogens is 258 g/mol. The minimum atomic E-state index is 0. The molecule has 0 unspecified atom stereocenters. The molecule has 0 aromatic heterocycles. The lowest BCUT2D eigenvalue weighted by Gasteiger charge is -2.06. The molecule has 0 amide bonds. The summed E-state index contributed by atoms with van der Waals surface area (Å²) in [6.45, 7) is 0. The number of allylic oxidation sites excluding steroid dienone is 2. The van der Waals surface area contributed by atoms with E-state index in [4.69, 9.17) is 0 Å². The molecule has 0 radical (unpaired) electrons. The lowest BCUT2D eigenvalue weighted by Crippen LogP contribution is -1.94. The zero-order valence-electron chi connectivity index (χ0n) is 12.9. The highest BCUT2D eigenvalue weighted by Crippen LogP contribution is 2.39. The Morgan fingerprint density at radius 3 is 2.43 bits per heavy atom. The fourth-order valence-corrected chi connectivity index (χ4v) is 3.08. The van der Waals surface area contributed by atoms with Crippen LogP contribution in [-0.2, 0) is 11.2 Å². The first-order valence-corrected chi connectivity index (χ1v) is 8.10. The lowest BCUT2D eigenvalue weighted by molar-refractivity contribution is -0.118. The van der Waals surface area contributed by atoms with Crippen molar-refractivity contribution in [2.24, 2.45) is 0 Å². The van der Waals surface area contributed by atoms with Crippen LogP contribution in [0, 0.1) is 0 Å². The third kappa shape index (κ3) is 4.82. The molecule has 1 fully saturated rings. The maximum Gasteiger partial charge on any atom is 0.133 e. The van der Waals surface area contributed by atoms with Gasteiger partial charge in [-0.25, -0.2) is 0 Å². The van der Waals surface area contributed by atoms with Gasteiger partial charge in [0.25, 0.3) is 0 Å². The fraction of sp³-hybridized carbons (Fsp3) is 0.526. The van der Waals surface area contributed by atoms with Crippen LogP contribution < -0.4 is 6.15 Å². The van der Waals surface area contributed by atoms with E-state index in [0.29, 0.717) is 5.78 Å². The highest BCUT2D eigenvalue weighted by molar-refractivity contribution is 5.79. The van der Waals surface area contributed by atoms with Crippen LogP contribution in [0.2, 0.25) is 0 Å². The van der Waals surface area contributed by atoms with Crippen molar-refractivity contribution in [2.45, 2.75) is 63.7 Å². The third-order valence-electron chi connectivity index (χ3n) is 4.57. The first-order valence-electron chi connectivity index (χ1n) is 8.10. The molecule has 0 aliphatic heterocycles. The zero-order chi connectivity index (χ0) is 13.8. The molecular formula is C19H27NO. The number of Topliss-reactive ketones (excluding diaryl/α,β-unsaturated/α-hetero) is 1. The molecule has 0 bridgehead atoms. The van der Waals surface area contributed by atoms with Gasteiger partial charge in [0, 0.05) is 12.8 Å². The van der Waals surface area contributed by atoms with Crippen molar-refractivity contribution in [3.05, 3.63) is 47.0 Å². The van der Waals surface area contributed by atoms with E-state index in [-0.39, 0.29) is 6.15 Å². The second kappa shape index (κ2) is 7.56. The van der Waals surface area contributed by atoms with Crippen molar-refractivity contribution >= 4 is 5.78 Å². The molecule has 3 rings (SSSR count). The normalized spacial score (nSPS) is 18.7. The van der Waals surface area contributed by atoms with Crippen LogP contribution >= 0.6 is 0 Å². The molecule has 2 aliphatic carbocycles. The molecule has 114 valence electrons. The molecule has 0 atom stereocenters. The zero-order valence-corrected chi connectivity index (χ0v) is 12.9. The minimum Gasteiger partial charge on any atom is -0.344 e. The predicted molar refractivity (Wildman–Crippen MR) is 87.9 cm³/mol. The lowest BCUT2D eigenvalue weighted by atomic mass is 10.00. The summed E-state index contributed by atoms with van der Waals surface area (Å²) < 4.78 is 0. The molecule has 2 aliphatic rings. The van der Waals surface area contributed by atoms with Gasteiger partial charge in [-0.1, -0.05) is 35.9 Å². The Hall–Kier alpha value is -1.41. The van der Waals surface area contributed by atoms with Gasteiger partial charge >= 0.3 is 0 Å². The van der Waals surface area contributed by atoms with Crippen molar-refractivity contribution in [2.75, 3.05) is 0 Å². The van der Waals surface area contributed by atoms with Gasteiger partial charge in [-0.2, -0.15) is 0 Å². The number of carbonyl (C=O) groups excluding carboxylic acids is 1. The van der Waals surface area contributed by atoms with E-state index >= 15 is 0 Å². The maximum absolute atomic E-state index is 11.4. The smallest absolute Gasteiger partial charge is 0.133 e. The maximum atomic E-state index is 11.4. The Kier molecular flexibility index (Phi) is 5.75. The van der Waals surface area contributed by atoms with Gasteiger partial charge in [0.15, 0.2) is 0 Å². The summed E-state index contributed by atoms with van der Waals surface area (Å²) in [5.41, 5.74) is 4.49. The first kappa shape index (κ1) is 16.0. The van der Waals surface area contributed by atoms with Crippen LogP contribution in [0.1, 0.15) is 68.4 Å². The summed E-state index contributed by atoms with van der Waals surface area (Å²) in [7, 11) is 0. The first-order chi connectivity index (χ1) is 9.81. The van der Waals surface area contributed by atoms with Gasteiger partial charge in [-0.3, -0.25) is 4.79 Å². The van der Waals surface area contributed by atoms with Crippen LogP contribution in [0.3, 0.4) is 0 Å². The Balaban J connectivity index is 0.00000161. The molecule has 21 heavy (non-hydrogen) atoms. The van der Waals surface area contributed by atoms with Gasteiger partial charge in [0.2, 0.25) is 0 Å². The number of aryl methyl sites for hydroxylation is 1. The van der Waals surface area contributed by atoms with E-state index in [1.807, 2.05) is 0 Å². The Bertz CT molecular complexity index is 497. The van der Waals surface area contributed by atoms with Crippen LogP contribution in [-0.4, -0.2) is 5.78 Å². The van der Waals surface area contributed by atoms with Crippen molar-refractivity contribution < 1.29 is 4.79 Å². The summed E-state index contributed by atoms with van der Waals surface area (Å²) in [6, 6.07) is 9.24. The summed E-state index contributed by atoms with van der Waals surface area (Å²) >= 11 is 0. The summed E-state index contributed by atoms with van der Waals surface area (Å²) in [5.74, 6) is 1.30. The van der Waals surface area contributed by atoms with Crippen LogP contribution in [0.25, 0.3) is 0 Å². The Labute approximate surface area is 128 Å². The molecule has 2 heteroatoms. The average Bonchev–Trinajstić information content (AvgIpc) is 3.29. The third-order valence-corrected chi connectivity index (χ3v) is 4.57. The van der Waals surface area contributed by atoms with Crippen molar-refractivity contribution in [3.63, 3.8) is 0 Å². The van der Waals surface area contributed by atoms with Gasteiger partial charge in [-0.15, -0.1) is 0 Å². The van der Waals surface area contributed by atoms with E-state index in [2.05, 4.69) is 30.3 Å². The molecule has 0 spiro atoms. The number of carbonyl (C=O) groups is 1. The topological polar surface area (TPSA) is 52.1 Å². The fourth-order valence-electron chi connectivity index (χ4n) is 3.08. The van der Waals surface area contributed by atoms with Gasteiger partial charge in [0.05, 0.1) is 0 Å². The standard InChI is InChI=1S/C19H24O.H3N/c20-19-6-2-5-15(9-14-19)3-1-4-16-7-10-17(11-8-16)18-12-13-18;/h5,7-8,10-11,18H,1-4,6,9,12-14H2;1H3. The molecule has 1 aromatic rings. The number of benzene rings is 1. The highest BCUT2D eigenvalue weighted by Gasteiger charge is 2.22. The van der Waals surface area contributed by atoms with E-state index in [1.54, 1.807) is 0 Å². The summed E-state index contributed by atoms with van der Waals surface area (Å²) in [4.78, 5) is 11.4. The molecule has 3 N–H and O–H groups in total. The second-order valence-corrected chi connectivity index (χ2v) is 6.31. The minimum absolute atomic E-state index is 0. The van der Waals surface area contributed by atoms with E-state index in [9.17, 15) is 4.79 Å². The van der Waals surface area contributed by atoms with Crippen molar-refractivity contribution in [3.8, 4) is 0 Å². The van der Waals surface area contributed by atoms with Crippen LogP contribution in [0.15, 0.2) is 35.9 Å². The Morgan fingerprint density at radius 1 is 0.952 bits per heavy atom. The molecule has 0 heterocycles. The van der Waals surface area contributed by atoms with E-state index < -0.39 is 0 Å². The number of rotatable bonds is 5. The number of ketones is 1. The van der Waals surface area contributed by atoms with Crippen LogP contribution in [0.4, 0.5) is 0 Å². The van der Waals surface area contributed by atoms with Crippen molar-refractivity contribution in [1.82, 2.24) is 6.15 Å². The Morgan fingerprint density at radius 2 is 1.71 bits per heavy atom. The number of hydrogen-bond donors (Lipinski definition) is 1. The van der Waals surface area contributed by atoms with E-state index in [0.717, 1.165) is 44.4 Å². The average molecular weight is 285 g/mol. The van der Waals surface area contributed by atoms with Gasteiger partial charge in [-0.05, 0) is 62.0 Å².